The van der Waals surface area contributed by atoms with Gasteiger partial charge in [0, 0.05) is 13.0 Å². The Hall–Kier alpha value is -1.79. The summed E-state index contributed by atoms with van der Waals surface area (Å²) in [6.45, 7) is 4.56. The van der Waals surface area contributed by atoms with Crippen LogP contribution in [0.15, 0.2) is 0 Å². The van der Waals surface area contributed by atoms with Gasteiger partial charge in [-0.3, -0.25) is 4.79 Å². The van der Waals surface area contributed by atoms with Crippen LogP contribution in [0.4, 0.5) is 4.79 Å². The lowest BCUT2D eigenvalue weighted by atomic mass is 10.0. The Labute approximate surface area is 118 Å². The van der Waals surface area contributed by atoms with Crippen molar-refractivity contribution in [1.82, 2.24) is 10.6 Å². The molecule has 0 spiro atoms. The molecule has 4 N–H and O–H groups in total. The van der Waals surface area contributed by atoms with Gasteiger partial charge in [0.1, 0.15) is 6.04 Å². The van der Waals surface area contributed by atoms with Crippen molar-refractivity contribution in [2.45, 2.75) is 52.0 Å². The van der Waals surface area contributed by atoms with Gasteiger partial charge in [0.15, 0.2) is 0 Å². The predicted molar refractivity (Wildman–Crippen MR) is 73.5 cm³/mol. The fraction of sp³-hybridized carbons (Fsp3) is 0.769. The number of amides is 2. The third-order valence-electron chi connectivity index (χ3n) is 3.19. The van der Waals surface area contributed by atoms with Crippen LogP contribution in [0.25, 0.3) is 0 Å². The largest absolute Gasteiger partial charge is 0.481 e. The molecule has 0 aromatic rings. The zero-order chi connectivity index (χ0) is 15.5. The van der Waals surface area contributed by atoms with E-state index in [0.717, 1.165) is 12.8 Å². The smallest absolute Gasteiger partial charge is 0.326 e. The Kier molecular flexibility index (Phi) is 9.15. The summed E-state index contributed by atoms with van der Waals surface area (Å²) < 4.78 is 0. The van der Waals surface area contributed by atoms with Gasteiger partial charge in [0.05, 0.1) is 0 Å². The van der Waals surface area contributed by atoms with Gasteiger partial charge in [-0.25, -0.2) is 9.59 Å². The lowest BCUT2D eigenvalue weighted by Gasteiger charge is -2.17. The van der Waals surface area contributed by atoms with Crippen LogP contribution >= 0.6 is 0 Å². The Bertz CT molecular complexity index is 329. The molecule has 0 aromatic heterocycles. The minimum Gasteiger partial charge on any atom is -0.481 e. The van der Waals surface area contributed by atoms with Gasteiger partial charge in [0.25, 0.3) is 0 Å². The second kappa shape index (κ2) is 10.1. The Morgan fingerprint density at radius 1 is 1.10 bits per heavy atom. The third-order valence-corrected chi connectivity index (χ3v) is 3.19. The molecule has 0 aromatic carbocycles. The van der Waals surface area contributed by atoms with Crippen LogP contribution in [-0.4, -0.2) is 40.8 Å². The first-order chi connectivity index (χ1) is 9.40. The molecule has 0 radical (unpaired) electrons. The summed E-state index contributed by atoms with van der Waals surface area (Å²) in [6.07, 6.45) is 2.08. The SMILES string of the molecule is CCC(CC)CNC(=O)N[C@H](CCCC(=O)O)C(=O)O. The van der Waals surface area contributed by atoms with E-state index in [4.69, 9.17) is 10.2 Å². The van der Waals surface area contributed by atoms with Crippen molar-refractivity contribution < 1.29 is 24.6 Å². The van der Waals surface area contributed by atoms with Crippen molar-refractivity contribution in [2.75, 3.05) is 6.54 Å². The number of rotatable bonds is 10. The topological polar surface area (TPSA) is 116 Å². The highest BCUT2D eigenvalue weighted by Gasteiger charge is 2.20. The zero-order valence-electron chi connectivity index (χ0n) is 12.0. The summed E-state index contributed by atoms with van der Waals surface area (Å²) in [6, 6.07) is -1.59. The molecule has 2 amide bonds. The average Bonchev–Trinajstić information content (AvgIpc) is 2.38. The molecular weight excluding hydrogens is 264 g/mol. The standard InChI is InChI=1S/C13H24N2O5/c1-3-9(4-2)8-14-13(20)15-10(12(18)19)6-5-7-11(16)17/h9-10H,3-8H2,1-2H3,(H,16,17)(H,18,19)(H2,14,15,20)/t10-/m1/s1. The second-order valence-corrected chi connectivity index (χ2v) is 4.71. The maximum atomic E-state index is 11.6. The molecule has 7 heteroatoms. The van der Waals surface area contributed by atoms with Crippen molar-refractivity contribution in [2.24, 2.45) is 5.92 Å². The summed E-state index contributed by atoms with van der Waals surface area (Å²) in [7, 11) is 0. The quantitative estimate of drug-likeness (QED) is 0.485. The average molecular weight is 288 g/mol. The highest BCUT2D eigenvalue weighted by molar-refractivity contribution is 5.82. The van der Waals surface area contributed by atoms with E-state index in [1.807, 2.05) is 13.8 Å². The third kappa shape index (κ3) is 8.34. The zero-order valence-corrected chi connectivity index (χ0v) is 12.0. The van der Waals surface area contributed by atoms with Gasteiger partial charge in [-0.15, -0.1) is 0 Å². The summed E-state index contributed by atoms with van der Waals surface area (Å²) in [5.74, 6) is -1.77. The van der Waals surface area contributed by atoms with Crippen LogP contribution in [0.3, 0.4) is 0 Å². The number of aliphatic carboxylic acids is 2. The number of hydrogen-bond donors (Lipinski definition) is 4. The van der Waals surface area contributed by atoms with Crippen molar-refractivity contribution >= 4 is 18.0 Å². The first kappa shape index (κ1) is 18.2. The molecule has 0 saturated carbocycles. The fourth-order valence-electron chi connectivity index (χ4n) is 1.74. The maximum Gasteiger partial charge on any atom is 0.326 e. The highest BCUT2D eigenvalue weighted by Crippen LogP contribution is 2.05. The molecule has 0 aliphatic rings. The molecule has 1 atom stereocenters. The van der Waals surface area contributed by atoms with Gasteiger partial charge >= 0.3 is 18.0 Å². The summed E-state index contributed by atoms with van der Waals surface area (Å²) in [4.78, 5) is 32.9. The number of nitrogens with one attached hydrogen (secondary N) is 2. The molecule has 0 rings (SSSR count). The van der Waals surface area contributed by atoms with Gasteiger partial charge in [-0.1, -0.05) is 26.7 Å². The lowest BCUT2D eigenvalue weighted by Crippen LogP contribution is -2.47. The van der Waals surface area contributed by atoms with Crippen molar-refractivity contribution in [3.63, 3.8) is 0 Å². The molecule has 0 aliphatic carbocycles. The molecule has 116 valence electrons. The second-order valence-electron chi connectivity index (χ2n) is 4.71. The van der Waals surface area contributed by atoms with E-state index in [0.29, 0.717) is 12.5 Å². The number of carboxylic acid groups (broad SMARTS) is 2. The van der Waals surface area contributed by atoms with E-state index in [1.54, 1.807) is 0 Å². The van der Waals surface area contributed by atoms with E-state index >= 15 is 0 Å². The maximum absolute atomic E-state index is 11.6. The number of hydrogen-bond acceptors (Lipinski definition) is 3. The highest BCUT2D eigenvalue weighted by atomic mass is 16.4. The van der Waals surface area contributed by atoms with Crippen molar-refractivity contribution in [3.05, 3.63) is 0 Å². The van der Waals surface area contributed by atoms with Gasteiger partial charge < -0.3 is 20.8 Å². The minimum absolute atomic E-state index is 0.0973. The van der Waals surface area contributed by atoms with Crippen LogP contribution in [0.1, 0.15) is 46.0 Å². The monoisotopic (exact) mass is 288 g/mol. The van der Waals surface area contributed by atoms with E-state index in [2.05, 4.69) is 10.6 Å². The van der Waals surface area contributed by atoms with E-state index in [-0.39, 0.29) is 19.3 Å². The van der Waals surface area contributed by atoms with Crippen molar-refractivity contribution in [3.8, 4) is 0 Å². The van der Waals surface area contributed by atoms with Crippen LogP contribution in [0.2, 0.25) is 0 Å². The number of carbonyl (C=O) groups excluding carboxylic acids is 1. The first-order valence-electron chi connectivity index (χ1n) is 6.89. The van der Waals surface area contributed by atoms with E-state index in [1.165, 1.54) is 0 Å². The van der Waals surface area contributed by atoms with Crippen molar-refractivity contribution in [1.29, 1.82) is 0 Å². The first-order valence-corrected chi connectivity index (χ1v) is 6.89. The van der Waals surface area contributed by atoms with Crippen LogP contribution in [0, 0.1) is 5.92 Å². The summed E-state index contributed by atoms with van der Waals surface area (Å²) >= 11 is 0. The van der Waals surface area contributed by atoms with Gasteiger partial charge in [0.2, 0.25) is 0 Å². The lowest BCUT2D eigenvalue weighted by molar-refractivity contribution is -0.140. The molecule has 0 unspecified atom stereocenters. The van der Waals surface area contributed by atoms with Crippen LogP contribution in [0.5, 0.6) is 0 Å². The molecule has 20 heavy (non-hydrogen) atoms. The Balaban J connectivity index is 4.13. The minimum atomic E-state index is -1.16. The summed E-state index contributed by atoms with van der Waals surface area (Å²) in [5.41, 5.74) is 0. The Morgan fingerprint density at radius 3 is 2.15 bits per heavy atom. The molecule has 0 saturated heterocycles. The normalized spacial score (nSPS) is 11.9. The molecule has 0 aliphatic heterocycles. The van der Waals surface area contributed by atoms with E-state index < -0.39 is 24.0 Å². The van der Waals surface area contributed by atoms with Crippen LogP contribution < -0.4 is 10.6 Å². The molecular formula is C13H24N2O5. The van der Waals surface area contributed by atoms with Gasteiger partial charge in [-0.2, -0.15) is 0 Å². The molecule has 0 heterocycles. The van der Waals surface area contributed by atoms with Gasteiger partial charge in [-0.05, 0) is 18.8 Å². The molecule has 0 bridgehead atoms. The fourth-order valence-corrected chi connectivity index (χ4v) is 1.74. The number of carboxylic acids is 2. The Morgan fingerprint density at radius 2 is 1.70 bits per heavy atom. The molecule has 0 fully saturated rings. The number of carbonyl (C=O) groups is 3. The summed E-state index contributed by atoms with van der Waals surface area (Å²) in [5, 5.41) is 22.5. The number of urea groups is 1. The molecule has 7 nitrogen and oxygen atoms in total. The predicted octanol–water partition coefficient (Wildman–Crippen LogP) is 1.43. The van der Waals surface area contributed by atoms with Crippen LogP contribution in [-0.2, 0) is 9.59 Å². The van der Waals surface area contributed by atoms with E-state index in [9.17, 15) is 14.4 Å².